The van der Waals surface area contributed by atoms with Gasteiger partial charge in [0.25, 0.3) is 5.91 Å². The van der Waals surface area contributed by atoms with Crippen molar-refractivity contribution in [1.29, 1.82) is 0 Å². The van der Waals surface area contributed by atoms with Gasteiger partial charge in [0, 0.05) is 61.7 Å². The summed E-state index contributed by atoms with van der Waals surface area (Å²) in [4.78, 5) is 40.1. The lowest BCUT2D eigenvalue weighted by atomic mass is 9.93. The quantitative estimate of drug-likeness (QED) is 0.542. The van der Waals surface area contributed by atoms with E-state index in [0.29, 0.717) is 31.0 Å². The predicted octanol–water partition coefficient (Wildman–Crippen LogP) is 2.96. The van der Waals surface area contributed by atoms with Crippen LogP contribution in [0.25, 0.3) is 0 Å². The van der Waals surface area contributed by atoms with E-state index in [2.05, 4.69) is 20.6 Å². The number of hydrogen-bond donors (Lipinski definition) is 2. The summed E-state index contributed by atoms with van der Waals surface area (Å²) in [5.74, 6) is 0.415. The Hall–Kier alpha value is -4.27. The zero-order valence-corrected chi connectivity index (χ0v) is 19.5. The number of hydrogen-bond acceptors (Lipinski definition) is 6. The van der Waals surface area contributed by atoms with Crippen LogP contribution in [0.5, 0.6) is 0 Å². The summed E-state index contributed by atoms with van der Waals surface area (Å²) < 4.78 is 1.98. The van der Waals surface area contributed by atoms with Crippen LogP contribution in [0.4, 0.5) is 11.4 Å². The monoisotopic (exact) mass is 469 g/mol. The second kappa shape index (κ2) is 9.92. The third-order valence-corrected chi connectivity index (χ3v) is 6.25. The molecule has 35 heavy (non-hydrogen) atoms. The van der Waals surface area contributed by atoms with Crippen LogP contribution in [-0.4, -0.2) is 53.2 Å². The fourth-order valence-corrected chi connectivity index (χ4v) is 4.32. The predicted molar refractivity (Wildman–Crippen MR) is 136 cm³/mol. The van der Waals surface area contributed by atoms with E-state index in [1.54, 1.807) is 36.6 Å². The van der Waals surface area contributed by atoms with Crippen molar-refractivity contribution < 1.29 is 9.59 Å². The molecule has 2 aliphatic rings. The van der Waals surface area contributed by atoms with Gasteiger partial charge in [-0.25, -0.2) is 9.98 Å². The van der Waals surface area contributed by atoms with Gasteiger partial charge in [0.2, 0.25) is 11.9 Å². The van der Waals surface area contributed by atoms with Crippen molar-refractivity contribution in [3.63, 3.8) is 0 Å². The molecule has 2 aromatic carbocycles. The van der Waals surface area contributed by atoms with Gasteiger partial charge in [-0.1, -0.05) is 18.2 Å². The molecule has 5 rings (SSSR count). The number of aromatic nitrogens is 2. The number of nitrogens with zero attached hydrogens (tertiary/aromatic N) is 5. The largest absolute Gasteiger partial charge is 0.352 e. The number of anilines is 2. The molecule has 0 saturated carbocycles. The summed E-state index contributed by atoms with van der Waals surface area (Å²) in [7, 11) is 1.80. The highest BCUT2D eigenvalue weighted by Gasteiger charge is 2.32. The first-order valence-electron chi connectivity index (χ1n) is 11.7. The summed E-state index contributed by atoms with van der Waals surface area (Å²) in [5, 5.41) is 6.19. The third-order valence-electron chi connectivity index (χ3n) is 6.25. The van der Waals surface area contributed by atoms with Crippen LogP contribution in [0, 0.1) is 5.92 Å². The van der Waals surface area contributed by atoms with E-state index in [-0.39, 0.29) is 17.7 Å². The van der Waals surface area contributed by atoms with Gasteiger partial charge in [0.1, 0.15) is 0 Å². The molecule has 0 fully saturated rings. The first-order chi connectivity index (χ1) is 17.1. The van der Waals surface area contributed by atoms with Gasteiger partial charge in [-0.3, -0.25) is 14.6 Å². The van der Waals surface area contributed by atoms with Crippen LogP contribution in [0.1, 0.15) is 28.8 Å². The zero-order chi connectivity index (χ0) is 24.2. The first kappa shape index (κ1) is 22.5. The minimum atomic E-state index is -0.107. The van der Waals surface area contributed by atoms with Crippen LogP contribution >= 0.6 is 0 Å². The lowest BCUT2D eigenvalue weighted by Crippen LogP contribution is -2.30. The number of carbonyl (C=O) groups is 2. The summed E-state index contributed by atoms with van der Waals surface area (Å²) in [5.41, 5.74) is 4.08. The van der Waals surface area contributed by atoms with Gasteiger partial charge in [-0.2, -0.15) is 0 Å². The molecule has 3 heterocycles. The standard InChI is InChI=1S/C26H27N7O2/c1-32-22-6-3-2-5-21(22)24-19(15-23(32)34)16-29-26(31-24)30-20-9-7-18(8-10-20)25(35)28-11-4-13-33-14-12-27-17-33/h2-3,5-10,12,14,17,19H,4,11,13,15-16H2,1H3,(H,28,35)(H,29,30). The molecule has 9 nitrogen and oxygen atoms in total. The number of rotatable bonds is 6. The zero-order valence-electron chi connectivity index (χ0n) is 19.5. The van der Waals surface area contributed by atoms with Crippen LogP contribution in [-0.2, 0) is 11.3 Å². The molecule has 0 saturated heterocycles. The number of guanidine groups is 1. The summed E-state index contributed by atoms with van der Waals surface area (Å²) in [6.45, 7) is 1.89. The lowest BCUT2D eigenvalue weighted by molar-refractivity contribution is -0.118. The van der Waals surface area contributed by atoms with Gasteiger partial charge >= 0.3 is 0 Å². The summed E-state index contributed by atoms with van der Waals surface area (Å²) in [6, 6.07) is 15.1. The number of para-hydroxylation sites is 1. The number of aliphatic imine (C=N–C) groups is 2. The lowest BCUT2D eigenvalue weighted by Gasteiger charge is -2.20. The molecule has 2 aliphatic heterocycles. The Kier molecular flexibility index (Phi) is 6.38. The van der Waals surface area contributed by atoms with E-state index in [1.807, 2.05) is 47.2 Å². The van der Waals surface area contributed by atoms with Crippen LogP contribution < -0.4 is 15.5 Å². The number of carbonyl (C=O) groups excluding carboxylic acids is 2. The Morgan fingerprint density at radius 3 is 2.77 bits per heavy atom. The molecule has 2 amide bonds. The van der Waals surface area contributed by atoms with Crippen molar-refractivity contribution in [2.75, 3.05) is 30.4 Å². The highest BCUT2D eigenvalue weighted by atomic mass is 16.2. The molecule has 0 bridgehead atoms. The molecule has 2 N–H and O–H groups in total. The molecule has 3 aromatic rings. The second-order valence-corrected chi connectivity index (χ2v) is 8.64. The van der Waals surface area contributed by atoms with Gasteiger partial charge in [-0.15, -0.1) is 0 Å². The fourth-order valence-electron chi connectivity index (χ4n) is 4.32. The molecular formula is C26H27N7O2. The molecule has 0 spiro atoms. The van der Waals surface area contributed by atoms with Crippen molar-refractivity contribution in [3.05, 3.63) is 78.4 Å². The number of amides is 2. The number of imidazole rings is 1. The van der Waals surface area contributed by atoms with Crippen molar-refractivity contribution in [2.45, 2.75) is 19.4 Å². The molecule has 1 unspecified atom stereocenters. The van der Waals surface area contributed by atoms with E-state index in [0.717, 1.165) is 35.6 Å². The number of benzene rings is 2. The molecule has 9 heteroatoms. The molecule has 0 radical (unpaired) electrons. The van der Waals surface area contributed by atoms with Crippen molar-refractivity contribution >= 4 is 34.9 Å². The Balaban J connectivity index is 1.22. The molecule has 178 valence electrons. The number of aryl methyl sites for hydroxylation is 1. The summed E-state index contributed by atoms with van der Waals surface area (Å²) >= 11 is 0. The fraction of sp³-hybridized carbons (Fsp3) is 0.269. The van der Waals surface area contributed by atoms with Gasteiger partial charge < -0.3 is 20.1 Å². The molecule has 1 atom stereocenters. The molecular weight excluding hydrogens is 442 g/mol. The smallest absolute Gasteiger partial charge is 0.251 e. The van der Waals surface area contributed by atoms with Crippen molar-refractivity contribution in [3.8, 4) is 0 Å². The van der Waals surface area contributed by atoms with E-state index in [4.69, 9.17) is 4.99 Å². The van der Waals surface area contributed by atoms with Crippen molar-refractivity contribution in [1.82, 2.24) is 14.9 Å². The van der Waals surface area contributed by atoms with Crippen LogP contribution in [0.2, 0.25) is 0 Å². The average Bonchev–Trinajstić information content (AvgIpc) is 3.38. The Bertz CT molecular complexity index is 1280. The topological polar surface area (TPSA) is 104 Å². The van der Waals surface area contributed by atoms with Gasteiger partial charge in [-0.05, 0) is 36.8 Å². The maximum Gasteiger partial charge on any atom is 0.251 e. The maximum atomic E-state index is 12.6. The highest BCUT2D eigenvalue weighted by molar-refractivity contribution is 6.18. The van der Waals surface area contributed by atoms with Gasteiger partial charge in [0.05, 0.1) is 24.3 Å². The Labute approximate surface area is 203 Å². The van der Waals surface area contributed by atoms with Gasteiger partial charge in [0.15, 0.2) is 0 Å². The minimum Gasteiger partial charge on any atom is -0.352 e. The van der Waals surface area contributed by atoms with E-state index < -0.39 is 0 Å². The van der Waals surface area contributed by atoms with Crippen LogP contribution in [0.15, 0.2) is 77.2 Å². The normalized spacial score (nSPS) is 17.0. The first-order valence-corrected chi connectivity index (χ1v) is 11.7. The highest BCUT2D eigenvalue weighted by Crippen LogP contribution is 2.31. The average molecular weight is 470 g/mol. The summed E-state index contributed by atoms with van der Waals surface area (Å²) in [6.07, 6.45) is 6.62. The van der Waals surface area contributed by atoms with Crippen molar-refractivity contribution in [2.24, 2.45) is 15.9 Å². The van der Waals surface area contributed by atoms with E-state index in [9.17, 15) is 9.59 Å². The van der Waals surface area contributed by atoms with E-state index in [1.165, 1.54) is 0 Å². The minimum absolute atomic E-state index is 0.0426. The second-order valence-electron chi connectivity index (χ2n) is 8.64. The third kappa shape index (κ3) is 4.98. The molecule has 0 aliphatic carbocycles. The number of nitrogens with one attached hydrogen (secondary N) is 2. The maximum absolute atomic E-state index is 12.6. The SMILES string of the molecule is CN1C(=O)CC2CN=C(Nc3ccc(C(=O)NCCCn4ccnc4)cc3)N=C2c2ccccc21. The number of fused-ring (bicyclic) bond motifs is 3. The Morgan fingerprint density at radius 1 is 1.14 bits per heavy atom. The van der Waals surface area contributed by atoms with E-state index >= 15 is 0 Å². The van der Waals surface area contributed by atoms with Crippen LogP contribution in [0.3, 0.4) is 0 Å². The Morgan fingerprint density at radius 2 is 1.97 bits per heavy atom. The molecule has 1 aromatic heterocycles.